The summed E-state index contributed by atoms with van der Waals surface area (Å²) in [6, 6.07) is 10.4. The number of likely N-dealkylation sites (tertiary alicyclic amines) is 1. The number of nitrogens with zero attached hydrogens (tertiary/aromatic N) is 1. The first kappa shape index (κ1) is 17.2. The van der Waals surface area contributed by atoms with Gasteiger partial charge in [0.15, 0.2) is 0 Å². The van der Waals surface area contributed by atoms with E-state index in [0.29, 0.717) is 0 Å². The molecule has 3 N–H and O–H groups in total. The number of hydrogen-bond donors (Lipinski definition) is 3. The van der Waals surface area contributed by atoms with E-state index in [0.717, 1.165) is 58.2 Å². The molecule has 1 heterocycles. The van der Waals surface area contributed by atoms with Crippen molar-refractivity contribution in [1.29, 1.82) is 0 Å². The number of aliphatic hydroxyl groups excluding tert-OH is 1. The normalized spacial score (nSPS) is 28.3. The largest absolute Gasteiger partial charge is 0.391 e. The Morgan fingerprint density at radius 2 is 1.88 bits per heavy atom. The van der Waals surface area contributed by atoms with Gasteiger partial charge in [0.05, 0.1) is 12.1 Å². The minimum absolute atomic E-state index is 0.0947. The molecule has 1 saturated carbocycles. The average molecular weight is 331 g/mol. The van der Waals surface area contributed by atoms with E-state index in [4.69, 9.17) is 0 Å². The molecule has 3 atom stereocenters. The fourth-order valence-corrected chi connectivity index (χ4v) is 3.83. The van der Waals surface area contributed by atoms with Crippen molar-refractivity contribution in [2.24, 2.45) is 0 Å². The van der Waals surface area contributed by atoms with Gasteiger partial charge in [0.25, 0.3) is 0 Å². The van der Waals surface area contributed by atoms with E-state index in [-0.39, 0.29) is 18.1 Å². The molecule has 2 fully saturated rings. The van der Waals surface area contributed by atoms with Gasteiger partial charge in [-0.05, 0) is 37.8 Å². The highest BCUT2D eigenvalue weighted by molar-refractivity contribution is 5.74. The fourth-order valence-electron chi connectivity index (χ4n) is 3.83. The van der Waals surface area contributed by atoms with Gasteiger partial charge in [0, 0.05) is 19.1 Å². The average Bonchev–Trinajstić information content (AvgIpc) is 2.58. The van der Waals surface area contributed by atoms with Crippen LogP contribution in [-0.4, -0.2) is 47.3 Å². The number of carbonyl (C=O) groups is 1. The highest BCUT2D eigenvalue weighted by Crippen LogP contribution is 2.18. The summed E-state index contributed by atoms with van der Waals surface area (Å²) in [4.78, 5) is 14.6. The van der Waals surface area contributed by atoms with Crippen molar-refractivity contribution < 1.29 is 9.90 Å². The van der Waals surface area contributed by atoms with Gasteiger partial charge in [0.2, 0.25) is 0 Å². The molecule has 0 spiro atoms. The predicted octanol–water partition coefficient (Wildman–Crippen LogP) is 2.25. The number of amides is 2. The van der Waals surface area contributed by atoms with Crippen molar-refractivity contribution in [3.05, 3.63) is 35.9 Å². The number of hydrogen-bond acceptors (Lipinski definition) is 3. The number of urea groups is 1. The van der Waals surface area contributed by atoms with Gasteiger partial charge in [0.1, 0.15) is 0 Å². The first-order valence-electron chi connectivity index (χ1n) is 9.22. The summed E-state index contributed by atoms with van der Waals surface area (Å²) in [7, 11) is 0. The van der Waals surface area contributed by atoms with Crippen molar-refractivity contribution in [1.82, 2.24) is 15.5 Å². The van der Waals surface area contributed by atoms with Gasteiger partial charge in [-0.15, -0.1) is 0 Å². The van der Waals surface area contributed by atoms with Crippen molar-refractivity contribution in [2.45, 2.75) is 63.3 Å². The van der Waals surface area contributed by atoms with Crippen molar-refractivity contribution in [2.75, 3.05) is 13.1 Å². The first-order chi connectivity index (χ1) is 11.7. The van der Waals surface area contributed by atoms with Crippen LogP contribution < -0.4 is 10.6 Å². The Bertz CT molecular complexity index is 523. The molecule has 3 rings (SSSR count). The summed E-state index contributed by atoms with van der Waals surface area (Å²) in [5.41, 5.74) is 1.31. The van der Waals surface area contributed by atoms with E-state index in [2.05, 4.69) is 39.8 Å². The van der Waals surface area contributed by atoms with E-state index in [1.807, 2.05) is 6.07 Å². The number of piperidine rings is 1. The molecule has 2 amide bonds. The SMILES string of the molecule is O=C(NC1CCCN(Cc2ccccc2)C1)NC1CCCCC1O. The van der Waals surface area contributed by atoms with E-state index in [9.17, 15) is 9.90 Å². The second-order valence-electron chi connectivity index (χ2n) is 7.14. The molecule has 1 aromatic rings. The standard InChI is InChI=1S/C19H29N3O2/c23-18-11-5-4-10-17(18)21-19(24)20-16-9-6-12-22(14-16)13-15-7-2-1-3-8-15/h1-3,7-8,16-18,23H,4-6,9-14H2,(H2,20,21,24). The van der Waals surface area contributed by atoms with Crippen molar-refractivity contribution >= 4 is 6.03 Å². The highest BCUT2D eigenvalue weighted by Gasteiger charge is 2.26. The summed E-state index contributed by atoms with van der Waals surface area (Å²) < 4.78 is 0. The lowest BCUT2D eigenvalue weighted by Crippen LogP contribution is -2.54. The third kappa shape index (κ3) is 4.95. The Kier molecular flexibility index (Phi) is 6.10. The van der Waals surface area contributed by atoms with Gasteiger partial charge in [-0.3, -0.25) is 4.90 Å². The monoisotopic (exact) mass is 331 g/mol. The molecule has 2 aliphatic rings. The number of aliphatic hydroxyl groups is 1. The second kappa shape index (κ2) is 8.49. The van der Waals surface area contributed by atoms with Crippen LogP contribution in [0.15, 0.2) is 30.3 Å². The van der Waals surface area contributed by atoms with E-state index in [1.54, 1.807) is 0 Å². The van der Waals surface area contributed by atoms with Gasteiger partial charge in [-0.2, -0.15) is 0 Å². The van der Waals surface area contributed by atoms with Crippen molar-refractivity contribution in [3.63, 3.8) is 0 Å². The zero-order valence-electron chi connectivity index (χ0n) is 14.3. The van der Waals surface area contributed by atoms with Gasteiger partial charge >= 0.3 is 6.03 Å². The summed E-state index contributed by atoms with van der Waals surface area (Å²) in [5.74, 6) is 0. The van der Waals surface area contributed by atoms with E-state index in [1.165, 1.54) is 5.56 Å². The van der Waals surface area contributed by atoms with Crippen LogP contribution in [0.5, 0.6) is 0 Å². The van der Waals surface area contributed by atoms with Gasteiger partial charge < -0.3 is 15.7 Å². The molecule has 132 valence electrons. The van der Waals surface area contributed by atoms with Crippen molar-refractivity contribution in [3.8, 4) is 0 Å². The maximum Gasteiger partial charge on any atom is 0.315 e. The quantitative estimate of drug-likeness (QED) is 0.793. The highest BCUT2D eigenvalue weighted by atomic mass is 16.3. The number of rotatable bonds is 4. The maximum absolute atomic E-state index is 12.2. The molecule has 1 saturated heterocycles. The van der Waals surface area contributed by atoms with Crippen LogP contribution in [0.1, 0.15) is 44.1 Å². The minimum atomic E-state index is -0.398. The summed E-state index contributed by atoms with van der Waals surface area (Å²) in [6.45, 7) is 2.90. The molecule has 5 nitrogen and oxygen atoms in total. The lowest BCUT2D eigenvalue weighted by Gasteiger charge is -2.34. The maximum atomic E-state index is 12.2. The smallest absolute Gasteiger partial charge is 0.315 e. The fraction of sp³-hybridized carbons (Fsp3) is 0.632. The molecule has 1 aliphatic heterocycles. The van der Waals surface area contributed by atoms with Crippen LogP contribution in [0.25, 0.3) is 0 Å². The molecule has 24 heavy (non-hydrogen) atoms. The molecule has 0 aromatic heterocycles. The topological polar surface area (TPSA) is 64.6 Å². The molecule has 3 unspecified atom stereocenters. The van der Waals surface area contributed by atoms with Crippen LogP contribution in [0.4, 0.5) is 4.79 Å². The zero-order valence-corrected chi connectivity index (χ0v) is 14.3. The molecule has 0 bridgehead atoms. The Morgan fingerprint density at radius 1 is 1.08 bits per heavy atom. The number of nitrogens with one attached hydrogen (secondary N) is 2. The zero-order chi connectivity index (χ0) is 16.8. The lowest BCUT2D eigenvalue weighted by atomic mass is 9.93. The van der Waals surface area contributed by atoms with Crippen LogP contribution in [0.2, 0.25) is 0 Å². The molecule has 0 radical (unpaired) electrons. The van der Waals surface area contributed by atoms with Gasteiger partial charge in [-0.25, -0.2) is 4.79 Å². The van der Waals surface area contributed by atoms with E-state index >= 15 is 0 Å². The Morgan fingerprint density at radius 3 is 2.67 bits per heavy atom. The predicted molar refractivity (Wildman–Crippen MR) is 94.7 cm³/mol. The third-order valence-corrected chi connectivity index (χ3v) is 5.14. The first-order valence-corrected chi connectivity index (χ1v) is 9.22. The Hall–Kier alpha value is -1.59. The van der Waals surface area contributed by atoms with E-state index < -0.39 is 6.10 Å². The minimum Gasteiger partial charge on any atom is -0.391 e. The molecule has 1 aliphatic carbocycles. The summed E-state index contributed by atoms with van der Waals surface area (Å²) >= 11 is 0. The lowest BCUT2D eigenvalue weighted by molar-refractivity contribution is 0.0932. The third-order valence-electron chi connectivity index (χ3n) is 5.14. The number of benzene rings is 1. The summed E-state index contributed by atoms with van der Waals surface area (Å²) in [5, 5.41) is 16.0. The van der Waals surface area contributed by atoms with Crippen LogP contribution in [-0.2, 0) is 6.54 Å². The second-order valence-corrected chi connectivity index (χ2v) is 7.14. The van der Waals surface area contributed by atoms with Crippen LogP contribution in [0.3, 0.4) is 0 Å². The molecular formula is C19H29N3O2. The van der Waals surface area contributed by atoms with Crippen LogP contribution >= 0.6 is 0 Å². The Labute approximate surface area is 144 Å². The Balaban J connectivity index is 1.45. The van der Waals surface area contributed by atoms with Gasteiger partial charge in [-0.1, -0.05) is 43.2 Å². The number of carbonyl (C=O) groups excluding carboxylic acids is 1. The molecular weight excluding hydrogens is 302 g/mol. The molecule has 1 aromatic carbocycles. The molecule has 5 heteroatoms. The van der Waals surface area contributed by atoms with Crippen LogP contribution in [0, 0.1) is 0 Å². The summed E-state index contributed by atoms with van der Waals surface area (Å²) in [6.07, 6.45) is 5.52.